The first kappa shape index (κ1) is 8.88. The van der Waals surface area contributed by atoms with Crippen molar-refractivity contribution in [2.24, 2.45) is 11.5 Å². The van der Waals surface area contributed by atoms with Crippen LogP contribution < -0.4 is 16.8 Å². The Labute approximate surface area is 56.8 Å². The van der Waals surface area contributed by atoms with Crippen molar-refractivity contribution in [3.05, 3.63) is 0 Å². The Morgan fingerprint density at radius 3 is 1.78 bits per heavy atom. The molecule has 1 aliphatic rings. The van der Waals surface area contributed by atoms with Crippen LogP contribution in [0.25, 0.3) is 0 Å². The first-order chi connectivity index (χ1) is 4.31. The van der Waals surface area contributed by atoms with Gasteiger partial charge in [-0.25, -0.2) is 0 Å². The fourth-order valence-electron chi connectivity index (χ4n) is 0.236. The largest absolute Gasteiger partial charge is 0.330 e. The number of rotatable bonds is 2. The van der Waals surface area contributed by atoms with Gasteiger partial charge in [-0.2, -0.15) is 0 Å². The summed E-state index contributed by atoms with van der Waals surface area (Å²) in [5.74, 6) is 0. The maximum Gasteiger partial charge on any atom is 0.0164 e. The normalized spacial score (nSPS) is 22.3. The highest BCUT2D eigenvalue weighted by atomic mass is 15.1. The fourth-order valence-corrected chi connectivity index (χ4v) is 0.236. The van der Waals surface area contributed by atoms with E-state index in [4.69, 9.17) is 11.5 Å². The average molecular weight is 131 g/mol. The van der Waals surface area contributed by atoms with Gasteiger partial charge < -0.3 is 16.8 Å². The lowest BCUT2D eigenvalue weighted by Gasteiger charge is -1.81. The highest BCUT2D eigenvalue weighted by molar-refractivity contribution is 4.76. The van der Waals surface area contributed by atoms with E-state index in [-0.39, 0.29) is 0 Å². The number of nitrogens with one attached hydrogen (secondary N) is 1. The molecule has 5 N–H and O–H groups in total. The SMILES string of the molecule is CC1CN1.NCCCN. The van der Waals surface area contributed by atoms with Gasteiger partial charge in [0.15, 0.2) is 0 Å². The van der Waals surface area contributed by atoms with Crippen molar-refractivity contribution in [2.45, 2.75) is 19.4 Å². The van der Waals surface area contributed by atoms with Crippen LogP contribution in [0.5, 0.6) is 0 Å². The highest BCUT2D eigenvalue weighted by Gasteiger charge is 2.10. The molecule has 0 amide bonds. The van der Waals surface area contributed by atoms with Crippen molar-refractivity contribution in [1.29, 1.82) is 0 Å². The maximum atomic E-state index is 5.06. The van der Waals surface area contributed by atoms with Gasteiger partial charge in [0.05, 0.1) is 0 Å². The van der Waals surface area contributed by atoms with Gasteiger partial charge in [0, 0.05) is 12.6 Å². The van der Waals surface area contributed by atoms with Crippen molar-refractivity contribution < 1.29 is 0 Å². The van der Waals surface area contributed by atoms with Crippen LogP contribution in [0.15, 0.2) is 0 Å². The van der Waals surface area contributed by atoms with E-state index in [0.29, 0.717) is 0 Å². The monoisotopic (exact) mass is 131 g/mol. The van der Waals surface area contributed by atoms with E-state index >= 15 is 0 Å². The van der Waals surface area contributed by atoms with E-state index in [0.717, 1.165) is 25.6 Å². The van der Waals surface area contributed by atoms with Gasteiger partial charge in [-0.3, -0.25) is 0 Å². The Hall–Kier alpha value is -0.120. The van der Waals surface area contributed by atoms with Crippen molar-refractivity contribution in [1.82, 2.24) is 5.32 Å². The van der Waals surface area contributed by atoms with Crippen LogP contribution in [0.1, 0.15) is 13.3 Å². The van der Waals surface area contributed by atoms with Crippen LogP contribution in [0.3, 0.4) is 0 Å². The quantitative estimate of drug-likeness (QED) is 0.433. The van der Waals surface area contributed by atoms with Gasteiger partial charge in [-0.15, -0.1) is 0 Å². The molecule has 56 valence electrons. The summed E-state index contributed by atoms with van der Waals surface area (Å²) in [5, 5.41) is 3.10. The van der Waals surface area contributed by atoms with E-state index in [1.165, 1.54) is 6.54 Å². The smallest absolute Gasteiger partial charge is 0.0164 e. The Kier molecular flexibility index (Phi) is 5.93. The summed E-state index contributed by atoms with van der Waals surface area (Å²) in [4.78, 5) is 0. The molecular formula is C6H17N3. The molecule has 0 aromatic carbocycles. The molecule has 3 heteroatoms. The van der Waals surface area contributed by atoms with Gasteiger partial charge in [-0.1, -0.05) is 0 Å². The molecule has 0 bridgehead atoms. The third-order valence-corrected chi connectivity index (χ3v) is 1.02. The predicted molar refractivity (Wildman–Crippen MR) is 40.2 cm³/mol. The molecule has 1 atom stereocenters. The summed E-state index contributed by atoms with van der Waals surface area (Å²) in [6.07, 6.45) is 0.944. The molecule has 0 spiro atoms. The van der Waals surface area contributed by atoms with E-state index in [9.17, 15) is 0 Å². The molecule has 1 unspecified atom stereocenters. The lowest BCUT2D eigenvalue weighted by molar-refractivity contribution is 0.844. The zero-order valence-corrected chi connectivity index (χ0v) is 6.06. The zero-order valence-electron chi connectivity index (χ0n) is 6.06. The number of nitrogens with two attached hydrogens (primary N) is 2. The highest BCUT2D eigenvalue weighted by Crippen LogP contribution is 1.88. The van der Waals surface area contributed by atoms with Crippen molar-refractivity contribution >= 4 is 0 Å². The van der Waals surface area contributed by atoms with Crippen LogP contribution >= 0.6 is 0 Å². The summed E-state index contributed by atoms with van der Waals surface area (Å²) in [6.45, 7) is 4.84. The molecule has 0 aromatic heterocycles. The molecule has 1 rings (SSSR count). The second kappa shape index (κ2) is 6.01. The van der Waals surface area contributed by atoms with Gasteiger partial charge in [0.1, 0.15) is 0 Å². The van der Waals surface area contributed by atoms with Crippen molar-refractivity contribution in [3.8, 4) is 0 Å². The summed E-state index contributed by atoms with van der Waals surface area (Å²) in [5.41, 5.74) is 10.1. The van der Waals surface area contributed by atoms with Gasteiger partial charge in [0.2, 0.25) is 0 Å². The minimum atomic E-state index is 0.719. The zero-order chi connectivity index (χ0) is 7.11. The Bertz CT molecular complexity index is 50.3. The lowest BCUT2D eigenvalue weighted by atomic mass is 10.4. The molecule has 1 heterocycles. The van der Waals surface area contributed by atoms with Crippen LogP contribution in [-0.2, 0) is 0 Å². The molecule has 1 fully saturated rings. The molecular weight excluding hydrogens is 114 g/mol. The van der Waals surface area contributed by atoms with E-state index in [1.54, 1.807) is 0 Å². The number of hydrogen-bond donors (Lipinski definition) is 3. The summed E-state index contributed by atoms with van der Waals surface area (Å²) >= 11 is 0. The molecule has 0 aromatic rings. The summed E-state index contributed by atoms with van der Waals surface area (Å²) < 4.78 is 0. The lowest BCUT2D eigenvalue weighted by Crippen LogP contribution is -2.06. The molecule has 3 nitrogen and oxygen atoms in total. The van der Waals surface area contributed by atoms with Crippen LogP contribution in [0, 0.1) is 0 Å². The molecule has 1 saturated heterocycles. The third kappa shape index (κ3) is 11.4. The average Bonchev–Trinajstić information content (AvgIpc) is 2.55. The molecule has 0 aliphatic carbocycles. The second-order valence-corrected chi connectivity index (χ2v) is 2.24. The maximum absolute atomic E-state index is 5.06. The molecule has 9 heavy (non-hydrogen) atoms. The minimum absolute atomic E-state index is 0.719. The Morgan fingerprint density at radius 2 is 1.78 bits per heavy atom. The Balaban J connectivity index is 0.000000144. The van der Waals surface area contributed by atoms with E-state index in [2.05, 4.69) is 12.2 Å². The molecule has 0 saturated carbocycles. The fraction of sp³-hybridized carbons (Fsp3) is 1.00. The summed E-state index contributed by atoms with van der Waals surface area (Å²) in [6, 6.07) is 0.833. The standard InChI is InChI=1S/C3H10N2.C3H7N/c4-2-1-3-5;1-3-2-4-3/h1-5H2;3-4H,2H2,1H3. The topological polar surface area (TPSA) is 74.0 Å². The third-order valence-electron chi connectivity index (χ3n) is 1.02. The van der Waals surface area contributed by atoms with Gasteiger partial charge in [0.25, 0.3) is 0 Å². The van der Waals surface area contributed by atoms with Crippen molar-refractivity contribution in [3.63, 3.8) is 0 Å². The molecule has 0 radical (unpaired) electrons. The summed E-state index contributed by atoms with van der Waals surface area (Å²) in [7, 11) is 0. The van der Waals surface area contributed by atoms with Crippen LogP contribution in [-0.4, -0.2) is 25.7 Å². The first-order valence-electron chi connectivity index (χ1n) is 3.44. The minimum Gasteiger partial charge on any atom is -0.330 e. The first-order valence-corrected chi connectivity index (χ1v) is 3.44. The van der Waals surface area contributed by atoms with Gasteiger partial charge >= 0.3 is 0 Å². The number of hydrogen-bond acceptors (Lipinski definition) is 3. The van der Waals surface area contributed by atoms with Crippen LogP contribution in [0.2, 0.25) is 0 Å². The van der Waals surface area contributed by atoms with E-state index in [1.807, 2.05) is 0 Å². The molecule has 1 aliphatic heterocycles. The predicted octanol–water partition coefficient (Wildman–Crippen LogP) is -0.728. The Morgan fingerprint density at radius 1 is 1.44 bits per heavy atom. The second-order valence-electron chi connectivity index (χ2n) is 2.24. The van der Waals surface area contributed by atoms with Crippen LogP contribution in [0.4, 0.5) is 0 Å². The van der Waals surface area contributed by atoms with E-state index < -0.39 is 0 Å². The van der Waals surface area contributed by atoms with Crippen molar-refractivity contribution in [2.75, 3.05) is 19.6 Å². The van der Waals surface area contributed by atoms with Gasteiger partial charge in [-0.05, 0) is 26.4 Å².